The zero-order valence-electron chi connectivity index (χ0n) is 25.4. The monoisotopic (exact) mass is 578 g/mol. The topological polar surface area (TPSA) is 135 Å². The van der Waals surface area contributed by atoms with Crippen LogP contribution < -0.4 is 0 Å². The Bertz CT molecular complexity index is 1060. The van der Waals surface area contributed by atoms with Crippen LogP contribution >= 0.6 is 0 Å². The van der Waals surface area contributed by atoms with Crippen LogP contribution in [-0.4, -0.2) is 66.8 Å². The highest BCUT2D eigenvalue weighted by Crippen LogP contribution is 2.62. The van der Waals surface area contributed by atoms with Gasteiger partial charge in [-0.25, -0.2) is 0 Å². The number of aliphatic hydroxyl groups excluding tert-OH is 1. The molecule has 10 heteroatoms. The maximum atomic E-state index is 13.9. The number of ether oxygens (including phenoxy) is 5. The number of carbonyl (C=O) groups is 4. The number of rotatable bonds is 9. The quantitative estimate of drug-likeness (QED) is 0.241. The first-order chi connectivity index (χ1) is 19.2. The Balaban J connectivity index is 1.82. The number of carbonyl (C=O) groups excluding carboxylic acids is 4. The van der Waals surface area contributed by atoms with E-state index in [0.717, 1.165) is 37.7 Å². The van der Waals surface area contributed by atoms with Crippen LogP contribution in [-0.2, 0) is 42.9 Å². The lowest BCUT2D eigenvalue weighted by Crippen LogP contribution is -2.58. The van der Waals surface area contributed by atoms with E-state index in [1.807, 2.05) is 13.0 Å². The molecule has 0 radical (unpaired) electrons. The highest BCUT2D eigenvalue weighted by molar-refractivity contribution is 5.74. The van der Waals surface area contributed by atoms with Crippen molar-refractivity contribution in [3.63, 3.8) is 0 Å². The fourth-order valence-corrected chi connectivity index (χ4v) is 7.05. The average Bonchev–Trinajstić information content (AvgIpc) is 2.87. The van der Waals surface area contributed by atoms with E-state index < -0.39 is 53.8 Å². The summed E-state index contributed by atoms with van der Waals surface area (Å²) in [6, 6.07) is 0. The molecular weight excluding hydrogens is 532 g/mol. The van der Waals surface area contributed by atoms with Gasteiger partial charge in [0.1, 0.15) is 6.61 Å². The van der Waals surface area contributed by atoms with E-state index in [2.05, 4.69) is 26.8 Å². The Morgan fingerprint density at radius 3 is 2.34 bits per heavy atom. The summed E-state index contributed by atoms with van der Waals surface area (Å²) in [7, 11) is 0. The first kappa shape index (κ1) is 32.8. The zero-order valence-corrected chi connectivity index (χ0v) is 25.4. The van der Waals surface area contributed by atoms with Gasteiger partial charge < -0.3 is 28.8 Å². The molecule has 1 aliphatic heterocycles. The van der Waals surface area contributed by atoms with Crippen LogP contribution in [0.15, 0.2) is 23.3 Å². The predicted molar refractivity (Wildman–Crippen MR) is 148 cm³/mol. The molecule has 1 saturated carbocycles. The largest absolute Gasteiger partial charge is 0.462 e. The van der Waals surface area contributed by atoms with Gasteiger partial charge >= 0.3 is 23.9 Å². The molecular formula is C31H46O10. The second kappa shape index (κ2) is 13.5. The molecule has 0 unspecified atom stereocenters. The van der Waals surface area contributed by atoms with Gasteiger partial charge in [0.25, 0.3) is 0 Å². The van der Waals surface area contributed by atoms with E-state index in [4.69, 9.17) is 23.7 Å². The summed E-state index contributed by atoms with van der Waals surface area (Å²) in [4.78, 5) is 48.3. The predicted octanol–water partition coefficient (Wildman–Crippen LogP) is 4.18. The molecule has 0 spiro atoms. The number of hydrogen-bond acceptors (Lipinski definition) is 10. The van der Waals surface area contributed by atoms with E-state index >= 15 is 0 Å². The number of fused-ring (bicyclic) bond motifs is 1. The fraction of sp³-hybridized carbons (Fsp3) is 0.742. The normalized spacial score (nSPS) is 35.4. The van der Waals surface area contributed by atoms with Crippen LogP contribution in [0.5, 0.6) is 0 Å². The van der Waals surface area contributed by atoms with Crippen molar-refractivity contribution in [2.75, 3.05) is 13.2 Å². The molecule has 0 aromatic heterocycles. The van der Waals surface area contributed by atoms with E-state index in [1.54, 1.807) is 0 Å². The first-order valence-electron chi connectivity index (χ1n) is 14.5. The summed E-state index contributed by atoms with van der Waals surface area (Å²) < 4.78 is 26.9. The smallest absolute Gasteiger partial charge is 0.311 e. The van der Waals surface area contributed by atoms with Crippen molar-refractivity contribution in [2.24, 2.45) is 22.7 Å². The molecule has 0 aromatic carbocycles. The second-order valence-electron chi connectivity index (χ2n) is 12.2. The summed E-state index contributed by atoms with van der Waals surface area (Å²) in [5.41, 5.74) is 1.95. The molecule has 1 saturated heterocycles. The molecule has 2 aliphatic carbocycles. The van der Waals surface area contributed by atoms with Gasteiger partial charge in [-0.2, -0.15) is 0 Å². The van der Waals surface area contributed by atoms with E-state index in [-0.39, 0.29) is 30.5 Å². The Kier molecular flexibility index (Phi) is 10.8. The molecule has 3 aliphatic rings. The molecule has 2 fully saturated rings. The summed E-state index contributed by atoms with van der Waals surface area (Å²) in [5, 5.41) is 11.0. The number of aliphatic hydroxyl groups is 1. The summed E-state index contributed by atoms with van der Waals surface area (Å²) >= 11 is 0. The lowest BCUT2D eigenvalue weighted by Gasteiger charge is -2.58. The van der Waals surface area contributed by atoms with E-state index in [9.17, 15) is 24.3 Å². The Morgan fingerprint density at radius 2 is 1.71 bits per heavy atom. The summed E-state index contributed by atoms with van der Waals surface area (Å²) in [6.45, 7) is 12.4. The van der Waals surface area contributed by atoms with Crippen molar-refractivity contribution in [3.05, 3.63) is 23.3 Å². The van der Waals surface area contributed by atoms with E-state index in [0.29, 0.717) is 6.42 Å². The molecule has 0 amide bonds. The molecule has 1 N–H and O–H groups in total. The Hall–Kier alpha value is -2.72. The number of allylic oxidation sites excluding steroid dienone is 3. The Labute approximate surface area is 242 Å². The van der Waals surface area contributed by atoms with Gasteiger partial charge in [0, 0.05) is 20.8 Å². The van der Waals surface area contributed by atoms with Gasteiger partial charge in [-0.3, -0.25) is 19.2 Å². The molecule has 0 bridgehead atoms. The SMILES string of the molecule is CC(=O)OC/C=C(\C)CC[C@]1(C)[C@H]2CCC=C(C)[C@]2(C)CC[C@H]1C(=O)O[C@H]1OC[C@H](OC(C)=O)[C@@H](OC(C)=O)[C@@H]1O. The van der Waals surface area contributed by atoms with Crippen molar-refractivity contribution >= 4 is 23.9 Å². The first-order valence-corrected chi connectivity index (χ1v) is 14.5. The standard InChI is InChI=1S/C31H46O10/c1-18(13-16-37-20(3)32)11-14-31(7)23(12-15-30(6)19(2)9-8-10-25(30)31)28(36)41-29-26(35)27(40-22(5)34)24(17-38-29)39-21(4)33/h9,13,23-27,29,35H,8,10-12,14-17H2,1-7H3/b18-13+/t23-,24-,25-,26-,27+,29+,30-,31-/m0/s1. The summed E-state index contributed by atoms with van der Waals surface area (Å²) in [5.74, 6) is -2.32. The average molecular weight is 579 g/mol. The lowest BCUT2D eigenvalue weighted by atomic mass is 9.46. The van der Waals surface area contributed by atoms with Crippen molar-refractivity contribution in [1.82, 2.24) is 0 Å². The zero-order chi connectivity index (χ0) is 30.5. The fourth-order valence-electron chi connectivity index (χ4n) is 7.05. The lowest BCUT2D eigenvalue weighted by molar-refractivity contribution is -0.273. The van der Waals surface area contributed by atoms with Crippen molar-refractivity contribution < 1.29 is 48.0 Å². The van der Waals surface area contributed by atoms with Crippen LogP contribution in [0, 0.1) is 22.7 Å². The highest BCUT2D eigenvalue weighted by atomic mass is 16.7. The van der Waals surface area contributed by atoms with Crippen molar-refractivity contribution in [2.45, 2.75) is 112 Å². The minimum Gasteiger partial charge on any atom is -0.462 e. The maximum Gasteiger partial charge on any atom is 0.311 e. The van der Waals surface area contributed by atoms with Crippen LogP contribution in [0.25, 0.3) is 0 Å². The van der Waals surface area contributed by atoms with Crippen LogP contribution in [0.4, 0.5) is 0 Å². The number of hydrogen-bond donors (Lipinski definition) is 1. The van der Waals surface area contributed by atoms with Crippen LogP contribution in [0.2, 0.25) is 0 Å². The summed E-state index contributed by atoms with van der Waals surface area (Å²) in [6.07, 6.45) is 3.80. The van der Waals surface area contributed by atoms with Crippen molar-refractivity contribution in [3.8, 4) is 0 Å². The molecule has 41 heavy (non-hydrogen) atoms. The molecule has 10 nitrogen and oxygen atoms in total. The van der Waals surface area contributed by atoms with E-state index in [1.165, 1.54) is 26.3 Å². The third kappa shape index (κ3) is 7.57. The third-order valence-corrected chi connectivity index (χ3v) is 9.44. The van der Waals surface area contributed by atoms with Gasteiger partial charge in [0.15, 0.2) is 18.3 Å². The molecule has 8 atom stereocenters. The van der Waals surface area contributed by atoms with Gasteiger partial charge in [-0.15, -0.1) is 0 Å². The van der Waals surface area contributed by atoms with Crippen molar-refractivity contribution in [1.29, 1.82) is 0 Å². The second-order valence-corrected chi connectivity index (χ2v) is 12.2. The van der Waals surface area contributed by atoms with Gasteiger partial charge in [0.05, 0.1) is 12.5 Å². The van der Waals surface area contributed by atoms with Gasteiger partial charge in [-0.1, -0.05) is 31.1 Å². The minimum absolute atomic E-state index is 0.0440. The minimum atomic E-state index is -1.53. The Morgan fingerprint density at radius 1 is 1.02 bits per heavy atom. The maximum absolute atomic E-state index is 13.9. The van der Waals surface area contributed by atoms with Gasteiger partial charge in [0.2, 0.25) is 6.29 Å². The molecule has 3 rings (SSSR count). The number of esters is 4. The molecule has 1 heterocycles. The van der Waals surface area contributed by atoms with Crippen LogP contribution in [0.3, 0.4) is 0 Å². The molecule has 0 aromatic rings. The van der Waals surface area contributed by atoms with Crippen LogP contribution in [0.1, 0.15) is 87.0 Å². The van der Waals surface area contributed by atoms with Gasteiger partial charge in [-0.05, 0) is 75.2 Å². The highest BCUT2D eigenvalue weighted by Gasteiger charge is 2.57. The molecule has 230 valence electrons. The third-order valence-electron chi connectivity index (χ3n) is 9.44.